The molecular formula is C28H52N4O6. The van der Waals surface area contributed by atoms with Crippen LogP contribution in [-0.2, 0) is 28.6 Å². The molecule has 0 aromatic heterocycles. The smallest absolute Gasteiger partial charge is 0.306 e. The van der Waals surface area contributed by atoms with Crippen LogP contribution >= 0.6 is 0 Å². The number of nitrogens with one attached hydrogen (secondary N) is 1. The van der Waals surface area contributed by atoms with Crippen molar-refractivity contribution in [2.75, 3.05) is 26.7 Å². The summed E-state index contributed by atoms with van der Waals surface area (Å²) in [4.78, 5) is 42.9. The predicted octanol–water partition coefficient (Wildman–Crippen LogP) is 3.93. The Labute approximate surface area is 229 Å². The summed E-state index contributed by atoms with van der Waals surface area (Å²) in [7, 11) is 1.69. The van der Waals surface area contributed by atoms with Crippen molar-refractivity contribution in [1.82, 2.24) is 4.90 Å². The lowest BCUT2D eigenvalue weighted by atomic mass is 9.81. The number of hydrogen-bond donors (Lipinski definition) is 2. The van der Waals surface area contributed by atoms with Crippen LogP contribution in [0.15, 0.2) is 4.99 Å². The molecule has 0 amide bonds. The van der Waals surface area contributed by atoms with Crippen molar-refractivity contribution in [1.29, 1.82) is 5.41 Å². The number of carbonyl (C=O) groups is 3. The van der Waals surface area contributed by atoms with Gasteiger partial charge < -0.3 is 25.4 Å². The molecule has 0 saturated heterocycles. The first-order chi connectivity index (χ1) is 17.5. The van der Waals surface area contributed by atoms with Gasteiger partial charge in [0.15, 0.2) is 0 Å². The van der Waals surface area contributed by atoms with Gasteiger partial charge >= 0.3 is 17.9 Å². The molecule has 0 aliphatic rings. The minimum atomic E-state index is -0.436. The highest BCUT2D eigenvalue weighted by atomic mass is 16.6. The summed E-state index contributed by atoms with van der Waals surface area (Å²) in [6.45, 7) is 16.1. The number of hydrogen-bond acceptors (Lipinski definition) is 10. The number of aliphatic imine (C=N–C) groups is 1. The van der Waals surface area contributed by atoms with Gasteiger partial charge in [-0.25, -0.2) is 0 Å². The first-order valence-corrected chi connectivity index (χ1v) is 13.6. The summed E-state index contributed by atoms with van der Waals surface area (Å²) >= 11 is 0. The highest BCUT2D eigenvalue weighted by molar-refractivity contribution is 5.85. The van der Waals surface area contributed by atoms with Crippen molar-refractivity contribution in [3.8, 4) is 0 Å². The van der Waals surface area contributed by atoms with E-state index in [1.165, 1.54) is 0 Å². The highest BCUT2D eigenvalue weighted by Gasteiger charge is 2.26. The van der Waals surface area contributed by atoms with E-state index in [2.05, 4.69) is 4.99 Å². The van der Waals surface area contributed by atoms with Gasteiger partial charge in [-0.1, -0.05) is 13.8 Å². The fourth-order valence-electron chi connectivity index (χ4n) is 3.61. The zero-order chi connectivity index (χ0) is 29.5. The third-order valence-corrected chi connectivity index (χ3v) is 6.53. The molecule has 10 nitrogen and oxygen atoms in total. The largest absolute Gasteiger partial charge is 0.461 e. The van der Waals surface area contributed by atoms with Gasteiger partial charge in [0.2, 0.25) is 0 Å². The van der Waals surface area contributed by atoms with E-state index in [1.807, 2.05) is 46.4 Å². The Morgan fingerprint density at radius 1 is 0.789 bits per heavy atom. The summed E-state index contributed by atoms with van der Waals surface area (Å²) in [6, 6.07) is -0.0438. The van der Waals surface area contributed by atoms with Gasteiger partial charge in [-0.15, -0.1) is 0 Å². The second kappa shape index (κ2) is 18.0. The van der Waals surface area contributed by atoms with Crippen molar-refractivity contribution in [2.24, 2.45) is 16.1 Å². The van der Waals surface area contributed by atoms with E-state index >= 15 is 0 Å². The molecule has 4 atom stereocenters. The Morgan fingerprint density at radius 2 is 1.18 bits per heavy atom. The van der Waals surface area contributed by atoms with Crippen molar-refractivity contribution in [3.05, 3.63) is 0 Å². The molecule has 0 saturated carbocycles. The zero-order valence-electron chi connectivity index (χ0n) is 25.1. The lowest BCUT2D eigenvalue weighted by Crippen LogP contribution is -2.43. The Hall–Kier alpha value is -2.33. The lowest BCUT2D eigenvalue weighted by molar-refractivity contribution is -0.152. The van der Waals surface area contributed by atoms with Crippen molar-refractivity contribution >= 4 is 29.3 Å². The summed E-state index contributed by atoms with van der Waals surface area (Å²) in [5.74, 6) is -0.967. The molecule has 10 heteroatoms. The maximum atomic E-state index is 12.5. The SMILES string of the molecule is CN=C(C)CCC(=O)OC(C)CN(CC(C)OC(=O)CCC(C)=N)CC(C)OC(=O)CCC(C)(C)C(C)N. The van der Waals surface area contributed by atoms with Gasteiger partial charge in [0, 0.05) is 50.6 Å². The van der Waals surface area contributed by atoms with Crippen LogP contribution in [0.5, 0.6) is 0 Å². The van der Waals surface area contributed by atoms with E-state index in [1.54, 1.807) is 20.9 Å². The second-order valence-corrected chi connectivity index (χ2v) is 11.1. The Balaban J connectivity index is 5.11. The van der Waals surface area contributed by atoms with Gasteiger partial charge in [-0.2, -0.15) is 0 Å². The fourth-order valence-corrected chi connectivity index (χ4v) is 3.61. The number of rotatable bonds is 19. The van der Waals surface area contributed by atoms with Crippen molar-refractivity contribution in [2.45, 2.75) is 118 Å². The summed E-state index contributed by atoms with van der Waals surface area (Å²) in [5.41, 5.74) is 7.14. The Morgan fingerprint density at radius 3 is 1.55 bits per heavy atom. The average Bonchev–Trinajstić information content (AvgIpc) is 2.79. The molecule has 0 aromatic rings. The van der Waals surface area contributed by atoms with E-state index in [0.717, 1.165) is 5.71 Å². The van der Waals surface area contributed by atoms with Crippen LogP contribution in [0.3, 0.4) is 0 Å². The fraction of sp³-hybridized carbons (Fsp3) is 0.821. The second-order valence-electron chi connectivity index (χ2n) is 11.1. The van der Waals surface area contributed by atoms with Crippen LogP contribution in [-0.4, -0.2) is 85.3 Å². The minimum absolute atomic E-state index is 0.0438. The molecule has 220 valence electrons. The Kier molecular flexibility index (Phi) is 16.9. The number of nitrogens with two attached hydrogens (primary N) is 1. The summed E-state index contributed by atoms with van der Waals surface area (Å²) in [6.07, 6.45) is 0.924. The van der Waals surface area contributed by atoms with Gasteiger partial charge in [-0.05, 0) is 66.2 Å². The lowest BCUT2D eigenvalue weighted by Gasteiger charge is -2.31. The van der Waals surface area contributed by atoms with Gasteiger partial charge in [0.1, 0.15) is 18.3 Å². The van der Waals surface area contributed by atoms with E-state index < -0.39 is 18.3 Å². The van der Waals surface area contributed by atoms with Crippen LogP contribution < -0.4 is 5.73 Å². The number of nitrogens with zero attached hydrogens (tertiary/aromatic N) is 2. The van der Waals surface area contributed by atoms with Crippen LogP contribution in [0.2, 0.25) is 0 Å². The Bertz CT molecular complexity index is 796. The summed E-state index contributed by atoms with van der Waals surface area (Å²) < 4.78 is 16.7. The molecule has 0 bridgehead atoms. The van der Waals surface area contributed by atoms with E-state index in [9.17, 15) is 14.4 Å². The molecule has 0 fully saturated rings. The van der Waals surface area contributed by atoms with Crippen LogP contribution in [0.25, 0.3) is 0 Å². The van der Waals surface area contributed by atoms with Gasteiger partial charge in [0.05, 0.1) is 12.8 Å². The van der Waals surface area contributed by atoms with Crippen LogP contribution in [0.4, 0.5) is 0 Å². The molecule has 4 unspecified atom stereocenters. The maximum Gasteiger partial charge on any atom is 0.306 e. The van der Waals surface area contributed by atoms with E-state index in [4.69, 9.17) is 25.4 Å². The molecule has 0 aliphatic carbocycles. The molecule has 0 aliphatic heterocycles. The first-order valence-electron chi connectivity index (χ1n) is 13.6. The summed E-state index contributed by atoms with van der Waals surface area (Å²) in [5, 5.41) is 7.49. The molecular weight excluding hydrogens is 488 g/mol. The molecule has 0 aromatic carbocycles. The topological polar surface area (TPSA) is 144 Å². The van der Waals surface area contributed by atoms with Crippen molar-refractivity contribution in [3.63, 3.8) is 0 Å². The number of carbonyl (C=O) groups excluding carboxylic acids is 3. The molecule has 0 spiro atoms. The maximum absolute atomic E-state index is 12.5. The predicted molar refractivity (Wildman–Crippen MR) is 151 cm³/mol. The first kappa shape index (κ1) is 35.7. The molecule has 0 rings (SSSR count). The van der Waals surface area contributed by atoms with Crippen LogP contribution in [0, 0.1) is 10.8 Å². The van der Waals surface area contributed by atoms with E-state index in [0.29, 0.717) is 44.6 Å². The van der Waals surface area contributed by atoms with Crippen molar-refractivity contribution < 1.29 is 28.6 Å². The van der Waals surface area contributed by atoms with Crippen LogP contribution in [0.1, 0.15) is 93.9 Å². The quantitative estimate of drug-likeness (QED) is 0.142. The third kappa shape index (κ3) is 17.2. The molecule has 0 radical (unpaired) electrons. The molecule has 38 heavy (non-hydrogen) atoms. The minimum Gasteiger partial charge on any atom is -0.461 e. The number of esters is 3. The van der Waals surface area contributed by atoms with Gasteiger partial charge in [-0.3, -0.25) is 24.3 Å². The molecule has 3 N–H and O–H groups in total. The highest BCUT2D eigenvalue weighted by Crippen LogP contribution is 2.25. The third-order valence-electron chi connectivity index (χ3n) is 6.53. The zero-order valence-corrected chi connectivity index (χ0v) is 25.1. The normalized spacial score (nSPS) is 15.4. The van der Waals surface area contributed by atoms with E-state index in [-0.39, 0.29) is 48.6 Å². The average molecular weight is 541 g/mol. The standard InChI is InChI=1S/C28H52N4O6/c1-19(29)10-12-25(33)36-21(3)16-32(17-22(4)37-26(34)13-11-20(2)31-9)18-23(5)38-27(35)14-15-28(7,8)24(6)30/h21-24,29H,10-18,30H2,1-9H3. The monoisotopic (exact) mass is 540 g/mol. The van der Waals surface area contributed by atoms with Gasteiger partial charge in [0.25, 0.3) is 0 Å². The number of ether oxygens (including phenoxy) is 3. The molecule has 0 heterocycles.